The van der Waals surface area contributed by atoms with Crippen LogP contribution in [0.25, 0.3) is 0 Å². The number of nitrogens with zero attached hydrogens (tertiary/aromatic N) is 3. The smallest absolute Gasteiger partial charge is 0.338 e. The number of benzene rings is 1. The first-order valence-corrected chi connectivity index (χ1v) is 6.87. The molecule has 1 saturated heterocycles. The lowest BCUT2D eigenvalue weighted by molar-refractivity contribution is -0.384. The van der Waals surface area contributed by atoms with Gasteiger partial charge in [0.05, 0.1) is 16.2 Å². The lowest BCUT2D eigenvalue weighted by atomic mass is 10.1. The van der Waals surface area contributed by atoms with Crippen molar-refractivity contribution in [1.82, 2.24) is 4.90 Å². The molecule has 1 atom stereocenters. The van der Waals surface area contributed by atoms with Crippen LogP contribution in [0.2, 0.25) is 0 Å². The van der Waals surface area contributed by atoms with Crippen LogP contribution in [-0.4, -0.2) is 53.6 Å². The van der Waals surface area contributed by atoms with E-state index in [1.165, 1.54) is 6.07 Å². The van der Waals surface area contributed by atoms with Crippen LogP contribution >= 0.6 is 0 Å². The number of hydrogen-bond donors (Lipinski definition) is 1. The lowest BCUT2D eigenvalue weighted by Gasteiger charge is -2.31. The monoisotopic (exact) mass is 293 g/mol. The van der Waals surface area contributed by atoms with Crippen LogP contribution in [0.4, 0.5) is 11.4 Å². The molecule has 1 unspecified atom stereocenters. The van der Waals surface area contributed by atoms with Gasteiger partial charge in [0.15, 0.2) is 0 Å². The third-order valence-electron chi connectivity index (χ3n) is 3.78. The highest BCUT2D eigenvalue weighted by molar-refractivity contribution is 5.95. The van der Waals surface area contributed by atoms with Gasteiger partial charge in [0.25, 0.3) is 5.69 Å². The highest BCUT2D eigenvalue weighted by atomic mass is 16.6. The highest BCUT2D eigenvalue weighted by Crippen LogP contribution is 2.28. The summed E-state index contributed by atoms with van der Waals surface area (Å²) >= 11 is 0. The van der Waals surface area contributed by atoms with Crippen LogP contribution in [-0.2, 0) is 0 Å². The summed E-state index contributed by atoms with van der Waals surface area (Å²) in [5.41, 5.74) is 0.340. The summed E-state index contributed by atoms with van der Waals surface area (Å²) in [5, 5.41) is 20.2. The molecule has 0 saturated carbocycles. The molecule has 0 bridgehead atoms. The summed E-state index contributed by atoms with van der Waals surface area (Å²) in [7, 11) is 2.04. The Morgan fingerprint density at radius 2 is 2.14 bits per heavy atom. The number of likely N-dealkylation sites (N-methyl/N-ethyl adjacent to an activating group) is 1. The molecule has 1 aromatic rings. The van der Waals surface area contributed by atoms with Crippen molar-refractivity contribution in [3.05, 3.63) is 33.9 Å². The first-order chi connectivity index (χ1) is 9.90. The summed E-state index contributed by atoms with van der Waals surface area (Å²) in [6.45, 7) is 4.56. The molecule has 1 fully saturated rings. The average molecular weight is 293 g/mol. The third kappa shape index (κ3) is 3.30. The number of nitro groups is 1. The van der Waals surface area contributed by atoms with Gasteiger partial charge in [0.1, 0.15) is 0 Å². The standard InChI is InChI=1S/C14H19N3O4/c1-10-9-15(2)6-3-7-16(10)13-5-4-11(17(20)21)8-12(13)14(18)19/h4-5,8,10H,3,6-7,9H2,1-2H3,(H,18,19). The van der Waals surface area contributed by atoms with Crippen molar-refractivity contribution in [2.45, 2.75) is 19.4 Å². The van der Waals surface area contributed by atoms with Crippen LogP contribution in [0.1, 0.15) is 23.7 Å². The van der Waals surface area contributed by atoms with Gasteiger partial charge in [-0.2, -0.15) is 0 Å². The maximum atomic E-state index is 11.4. The zero-order chi connectivity index (χ0) is 15.6. The van der Waals surface area contributed by atoms with Crippen LogP contribution in [0.15, 0.2) is 18.2 Å². The molecule has 7 nitrogen and oxygen atoms in total. The molecular weight excluding hydrogens is 274 g/mol. The third-order valence-corrected chi connectivity index (χ3v) is 3.78. The summed E-state index contributed by atoms with van der Waals surface area (Å²) in [4.78, 5) is 25.9. The minimum Gasteiger partial charge on any atom is -0.478 e. The second-order valence-corrected chi connectivity index (χ2v) is 5.42. The Bertz CT molecular complexity index is 561. The van der Waals surface area contributed by atoms with Gasteiger partial charge in [-0.3, -0.25) is 10.1 Å². The van der Waals surface area contributed by atoms with E-state index >= 15 is 0 Å². The van der Waals surface area contributed by atoms with E-state index in [0.29, 0.717) is 5.69 Å². The number of rotatable bonds is 3. The Balaban J connectivity index is 2.42. The van der Waals surface area contributed by atoms with Crippen molar-refractivity contribution in [1.29, 1.82) is 0 Å². The van der Waals surface area contributed by atoms with Crippen LogP contribution in [0.3, 0.4) is 0 Å². The van der Waals surface area contributed by atoms with E-state index in [2.05, 4.69) is 4.90 Å². The molecule has 1 heterocycles. The van der Waals surface area contributed by atoms with Crippen molar-refractivity contribution < 1.29 is 14.8 Å². The van der Waals surface area contributed by atoms with Gasteiger partial charge in [-0.05, 0) is 33.0 Å². The normalized spacial score (nSPS) is 20.1. The molecule has 0 aromatic heterocycles. The Kier molecular flexibility index (Phi) is 4.42. The van der Waals surface area contributed by atoms with Crippen molar-refractivity contribution in [2.75, 3.05) is 31.6 Å². The average Bonchev–Trinajstić information content (AvgIpc) is 2.58. The van der Waals surface area contributed by atoms with Gasteiger partial charge in [-0.25, -0.2) is 4.79 Å². The molecule has 0 radical (unpaired) electrons. The molecule has 1 aromatic carbocycles. The molecule has 7 heteroatoms. The zero-order valence-electron chi connectivity index (χ0n) is 12.2. The van der Waals surface area contributed by atoms with E-state index in [9.17, 15) is 20.0 Å². The number of carboxylic acids is 1. The minimum atomic E-state index is -1.14. The maximum Gasteiger partial charge on any atom is 0.338 e. The van der Waals surface area contributed by atoms with E-state index < -0.39 is 10.9 Å². The van der Waals surface area contributed by atoms with Gasteiger partial charge in [-0.1, -0.05) is 0 Å². The maximum absolute atomic E-state index is 11.4. The predicted octanol–water partition coefficient (Wildman–Crippen LogP) is 1.82. The second kappa shape index (κ2) is 6.09. The molecule has 0 amide bonds. The van der Waals surface area contributed by atoms with Crippen molar-refractivity contribution >= 4 is 17.3 Å². The quantitative estimate of drug-likeness (QED) is 0.675. The number of nitro benzene ring substituents is 1. The van der Waals surface area contributed by atoms with E-state index in [4.69, 9.17) is 0 Å². The molecule has 0 aliphatic carbocycles. The van der Waals surface area contributed by atoms with Crippen LogP contribution < -0.4 is 4.90 Å². The second-order valence-electron chi connectivity index (χ2n) is 5.42. The van der Waals surface area contributed by atoms with Gasteiger partial charge >= 0.3 is 5.97 Å². The Labute approximate surface area is 122 Å². The summed E-state index contributed by atoms with van der Waals surface area (Å²) in [6.07, 6.45) is 0.927. The number of hydrogen-bond acceptors (Lipinski definition) is 5. The molecule has 1 N–H and O–H groups in total. The fourth-order valence-electron chi connectivity index (χ4n) is 2.79. The number of anilines is 1. The van der Waals surface area contributed by atoms with E-state index in [0.717, 1.165) is 32.1 Å². The summed E-state index contributed by atoms with van der Waals surface area (Å²) in [5.74, 6) is -1.14. The SMILES string of the molecule is CC1CN(C)CCCN1c1ccc([N+](=O)[O-])cc1C(=O)O. The summed E-state index contributed by atoms with van der Waals surface area (Å²) < 4.78 is 0. The number of aromatic carboxylic acids is 1. The largest absolute Gasteiger partial charge is 0.478 e. The molecule has 0 spiro atoms. The van der Waals surface area contributed by atoms with Crippen molar-refractivity contribution in [3.8, 4) is 0 Å². The fraction of sp³-hybridized carbons (Fsp3) is 0.500. The molecule has 1 aliphatic rings. The van der Waals surface area contributed by atoms with Gasteiger partial charge in [-0.15, -0.1) is 0 Å². The number of carbonyl (C=O) groups is 1. The van der Waals surface area contributed by atoms with E-state index in [-0.39, 0.29) is 17.3 Å². The number of carboxylic acid groups (broad SMARTS) is 1. The van der Waals surface area contributed by atoms with Crippen LogP contribution in [0, 0.1) is 10.1 Å². The molecule has 1 aliphatic heterocycles. The van der Waals surface area contributed by atoms with E-state index in [1.54, 1.807) is 6.07 Å². The van der Waals surface area contributed by atoms with Crippen molar-refractivity contribution in [2.24, 2.45) is 0 Å². The molecule has 2 rings (SSSR count). The number of non-ortho nitro benzene ring substituents is 1. The first-order valence-electron chi connectivity index (χ1n) is 6.87. The van der Waals surface area contributed by atoms with Crippen LogP contribution in [0.5, 0.6) is 0 Å². The Morgan fingerprint density at radius 1 is 1.43 bits per heavy atom. The highest BCUT2D eigenvalue weighted by Gasteiger charge is 2.25. The molecular formula is C14H19N3O4. The predicted molar refractivity (Wildman–Crippen MR) is 79.0 cm³/mol. The molecule has 114 valence electrons. The van der Waals surface area contributed by atoms with Gasteiger partial charge < -0.3 is 14.9 Å². The molecule has 21 heavy (non-hydrogen) atoms. The minimum absolute atomic E-state index is 0.0133. The Hall–Kier alpha value is -2.15. The van der Waals surface area contributed by atoms with Gasteiger partial charge in [0, 0.05) is 31.3 Å². The van der Waals surface area contributed by atoms with E-state index in [1.807, 2.05) is 18.9 Å². The van der Waals surface area contributed by atoms with Gasteiger partial charge in [0.2, 0.25) is 0 Å². The van der Waals surface area contributed by atoms with Crippen molar-refractivity contribution in [3.63, 3.8) is 0 Å². The summed E-state index contributed by atoms with van der Waals surface area (Å²) in [6, 6.07) is 4.20. The fourth-order valence-corrected chi connectivity index (χ4v) is 2.79. The first kappa shape index (κ1) is 15.2. The lowest BCUT2D eigenvalue weighted by Crippen LogP contribution is -2.38. The Morgan fingerprint density at radius 3 is 2.76 bits per heavy atom. The zero-order valence-corrected chi connectivity index (χ0v) is 12.2. The topological polar surface area (TPSA) is 86.9 Å².